The van der Waals surface area contributed by atoms with Gasteiger partial charge in [-0.1, -0.05) is 25.2 Å². The minimum Gasteiger partial charge on any atom is -0.469 e. The van der Waals surface area contributed by atoms with Crippen molar-refractivity contribution in [2.45, 2.75) is 77.1 Å². The smallest absolute Gasteiger partial charge is 0.312 e. The van der Waals surface area contributed by atoms with Crippen LogP contribution >= 0.6 is 0 Å². The molecule has 0 aromatic carbocycles. The van der Waals surface area contributed by atoms with Crippen LogP contribution in [0.3, 0.4) is 0 Å². The van der Waals surface area contributed by atoms with Crippen molar-refractivity contribution in [1.82, 2.24) is 0 Å². The van der Waals surface area contributed by atoms with Gasteiger partial charge in [-0.2, -0.15) is 0 Å². The molecular formula is C23H36O7. The zero-order chi connectivity index (χ0) is 22.7. The van der Waals surface area contributed by atoms with E-state index in [1.54, 1.807) is 13.0 Å². The number of esters is 2. The first kappa shape index (κ1) is 24.6. The fraction of sp³-hybridized carbons (Fsp3) is 0.739. The number of aliphatic hydroxyl groups excluding tert-OH is 2. The standard InChI is InChI=1S/C23H36O7/c1-14(2)18(25)7-6-16(12-30-15(3)24)17-8-10-22(4)13-23(28,11-9-19(22)26)20(17)21(27)29-5/h6,17-20,25-26,28H,1,7-13H2,2-5H3. The number of hydrogen-bond acceptors (Lipinski definition) is 7. The van der Waals surface area contributed by atoms with Crippen LogP contribution in [0.25, 0.3) is 0 Å². The quantitative estimate of drug-likeness (QED) is 0.424. The van der Waals surface area contributed by atoms with Gasteiger partial charge in [-0.25, -0.2) is 0 Å². The van der Waals surface area contributed by atoms with E-state index in [2.05, 4.69) is 6.58 Å². The van der Waals surface area contributed by atoms with Crippen LogP contribution < -0.4 is 0 Å². The summed E-state index contributed by atoms with van der Waals surface area (Å²) >= 11 is 0. The van der Waals surface area contributed by atoms with Crippen LogP contribution in [0.2, 0.25) is 0 Å². The minimum absolute atomic E-state index is 0.0360. The van der Waals surface area contributed by atoms with Crippen LogP contribution in [0.15, 0.2) is 23.8 Å². The van der Waals surface area contributed by atoms with Crippen LogP contribution in [0, 0.1) is 17.3 Å². The van der Waals surface area contributed by atoms with Crippen molar-refractivity contribution in [2.24, 2.45) is 17.3 Å². The molecule has 0 radical (unpaired) electrons. The summed E-state index contributed by atoms with van der Waals surface area (Å²) in [6.07, 6.45) is 2.84. The van der Waals surface area contributed by atoms with E-state index < -0.39 is 47.0 Å². The Bertz CT molecular complexity index is 700. The van der Waals surface area contributed by atoms with E-state index in [9.17, 15) is 24.9 Å². The highest BCUT2D eigenvalue weighted by Gasteiger charge is 2.57. The average molecular weight is 425 g/mol. The minimum atomic E-state index is -1.33. The number of methoxy groups -OCH3 is 1. The number of carbonyl (C=O) groups is 2. The van der Waals surface area contributed by atoms with Gasteiger partial charge in [-0.15, -0.1) is 0 Å². The highest BCUT2D eigenvalue weighted by molar-refractivity contribution is 5.75. The Kier molecular flexibility index (Phi) is 7.88. The summed E-state index contributed by atoms with van der Waals surface area (Å²) in [6, 6.07) is 0. The van der Waals surface area contributed by atoms with Gasteiger partial charge in [0, 0.05) is 6.92 Å². The molecule has 6 atom stereocenters. The second-order valence-electron chi connectivity index (χ2n) is 9.29. The monoisotopic (exact) mass is 424 g/mol. The Morgan fingerprint density at radius 1 is 1.27 bits per heavy atom. The SMILES string of the molecule is C=C(C)C(O)CC=C(COC(C)=O)C1CCC2(C)CC(O)(CCC2O)C1C(=O)OC. The number of carbonyl (C=O) groups excluding carboxylic acids is 2. The van der Waals surface area contributed by atoms with Gasteiger partial charge in [-0.05, 0) is 62.4 Å². The van der Waals surface area contributed by atoms with Crippen LogP contribution in [-0.2, 0) is 19.1 Å². The molecule has 2 saturated carbocycles. The fourth-order valence-corrected chi connectivity index (χ4v) is 5.06. The molecule has 2 aliphatic carbocycles. The van der Waals surface area contributed by atoms with Gasteiger partial charge in [0.1, 0.15) is 6.61 Å². The first-order valence-electron chi connectivity index (χ1n) is 10.6. The third-order valence-electron chi connectivity index (χ3n) is 6.92. The molecule has 3 N–H and O–H groups in total. The molecule has 0 aromatic heterocycles. The van der Waals surface area contributed by atoms with Gasteiger partial charge >= 0.3 is 11.9 Å². The molecule has 30 heavy (non-hydrogen) atoms. The Morgan fingerprint density at radius 2 is 1.93 bits per heavy atom. The molecule has 6 unspecified atom stereocenters. The topological polar surface area (TPSA) is 113 Å². The first-order valence-corrected chi connectivity index (χ1v) is 10.6. The zero-order valence-electron chi connectivity index (χ0n) is 18.5. The summed E-state index contributed by atoms with van der Waals surface area (Å²) < 4.78 is 10.3. The van der Waals surface area contributed by atoms with E-state index in [1.165, 1.54) is 14.0 Å². The van der Waals surface area contributed by atoms with Gasteiger partial charge in [0.15, 0.2) is 0 Å². The lowest BCUT2D eigenvalue weighted by atomic mass is 9.63. The Balaban J connectivity index is 2.48. The van der Waals surface area contributed by atoms with Crippen molar-refractivity contribution < 1.29 is 34.4 Å². The molecule has 0 aliphatic heterocycles. The van der Waals surface area contributed by atoms with Crippen molar-refractivity contribution in [3.8, 4) is 0 Å². The third-order valence-corrected chi connectivity index (χ3v) is 6.92. The third kappa shape index (κ3) is 5.31. The van der Waals surface area contributed by atoms with Gasteiger partial charge in [0.05, 0.1) is 30.8 Å². The van der Waals surface area contributed by atoms with E-state index >= 15 is 0 Å². The number of ether oxygens (including phenoxy) is 2. The van der Waals surface area contributed by atoms with Gasteiger partial charge in [0.2, 0.25) is 0 Å². The molecular weight excluding hydrogens is 388 g/mol. The molecule has 0 saturated heterocycles. The summed E-state index contributed by atoms with van der Waals surface area (Å²) in [6.45, 7) is 8.70. The number of rotatable bonds is 7. The van der Waals surface area contributed by atoms with Crippen molar-refractivity contribution in [2.75, 3.05) is 13.7 Å². The Morgan fingerprint density at radius 3 is 2.50 bits per heavy atom. The maximum Gasteiger partial charge on any atom is 0.312 e. The largest absolute Gasteiger partial charge is 0.469 e. The lowest BCUT2D eigenvalue weighted by Gasteiger charge is -2.47. The van der Waals surface area contributed by atoms with Crippen LogP contribution in [-0.4, -0.2) is 58.8 Å². The highest BCUT2D eigenvalue weighted by Crippen LogP contribution is 2.54. The summed E-state index contributed by atoms with van der Waals surface area (Å²) in [7, 11) is 1.30. The fourth-order valence-electron chi connectivity index (χ4n) is 5.06. The maximum absolute atomic E-state index is 12.9. The molecule has 170 valence electrons. The molecule has 2 fully saturated rings. The van der Waals surface area contributed by atoms with Crippen LogP contribution in [0.1, 0.15) is 59.3 Å². The summed E-state index contributed by atoms with van der Waals surface area (Å²) in [5.41, 5.74) is -0.573. The van der Waals surface area contributed by atoms with Crippen molar-refractivity contribution in [3.63, 3.8) is 0 Å². The summed E-state index contributed by atoms with van der Waals surface area (Å²) in [4.78, 5) is 24.3. The van der Waals surface area contributed by atoms with E-state index in [1.807, 2.05) is 6.92 Å². The number of hydrogen-bond donors (Lipinski definition) is 3. The van der Waals surface area contributed by atoms with E-state index in [-0.39, 0.29) is 19.4 Å². The first-order chi connectivity index (χ1) is 13.9. The number of aliphatic hydroxyl groups is 3. The predicted octanol–water partition coefficient (Wildman–Crippen LogP) is 2.28. The maximum atomic E-state index is 12.9. The normalized spacial score (nSPS) is 35.2. The molecule has 0 aromatic rings. The molecule has 7 heteroatoms. The van der Waals surface area contributed by atoms with Crippen molar-refractivity contribution in [1.29, 1.82) is 0 Å². The second-order valence-corrected chi connectivity index (χ2v) is 9.29. The van der Waals surface area contributed by atoms with Gasteiger partial charge < -0.3 is 24.8 Å². The molecule has 2 bridgehead atoms. The average Bonchev–Trinajstić information content (AvgIpc) is 2.77. The highest BCUT2D eigenvalue weighted by atomic mass is 16.5. The van der Waals surface area contributed by atoms with Crippen molar-refractivity contribution >= 4 is 11.9 Å². The molecule has 2 rings (SSSR count). The lowest BCUT2D eigenvalue weighted by molar-refractivity contribution is -0.170. The molecule has 7 nitrogen and oxygen atoms in total. The van der Waals surface area contributed by atoms with Crippen molar-refractivity contribution in [3.05, 3.63) is 23.8 Å². The lowest BCUT2D eigenvalue weighted by Crippen LogP contribution is -2.53. The van der Waals surface area contributed by atoms with Crippen LogP contribution in [0.4, 0.5) is 0 Å². The van der Waals surface area contributed by atoms with E-state index in [0.29, 0.717) is 36.8 Å². The van der Waals surface area contributed by atoms with E-state index in [4.69, 9.17) is 9.47 Å². The zero-order valence-corrected chi connectivity index (χ0v) is 18.5. The van der Waals surface area contributed by atoms with Crippen LogP contribution in [0.5, 0.6) is 0 Å². The second kappa shape index (κ2) is 9.62. The Labute approximate surface area is 178 Å². The molecule has 2 aliphatic rings. The molecule has 0 heterocycles. The molecule has 0 amide bonds. The van der Waals surface area contributed by atoms with Gasteiger partial charge in [-0.3, -0.25) is 9.59 Å². The Hall–Kier alpha value is -1.70. The molecule has 0 spiro atoms. The summed E-state index contributed by atoms with van der Waals surface area (Å²) in [5, 5.41) is 32.3. The number of fused-ring (bicyclic) bond motifs is 2. The van der Waals surface area contributed by atoms with E-state index in [0.717, 1.165) is 0 Å². The summed E-state index contributed by atoms with van der Waals surface area (Å²) in [5.74, 6) is -2.26. The van der Waals surface area contributed by atoms with Gasteiger partial charge in [0.25, 0.3) is 0 Å². The predicted molar refractivity (Wildman–Crippen MR) is 111 cm³/mol.